The van der Waals surface area contributed by atoms with E-state index >= 15 is 0 Å². The van der Waals surface area contributed by atoms with Crippen LogP contribution in [0.3, 0.4) is 0 Å². The Hall–Kier alpha value is -1.78. The number of fused-ring (bicyclic) bond motifs is 1. The average Bonchev–Trinajstić information content (AvgIpc) is 3.07. The zero-order valence-electron chi connectivity index (χ0n) is 13.7. The third-order valence-corrected chi connectivity index (χ3v) is 5.25. The van der Waals surface area contributed by atoms with Gasteiger partial charge >= 0.3 is 0 Å². The molecule has 0 amide bonds. The van der Waals surface area contributed by atoms with E-state index in [4.69, 9.17) is 0 Å². The van der Waals surface area contributed by atoms with Crippen LogP contribution in [-0.4, -0.2) is 36.0 Å². The fraction of sp³-hybridized carbons (Fsp3) is 0.400. The van der Waals surface area contributed by atoms with Crippen molar-refractivity contribution >= 4 is 0 Å². The number of nitrogens with zero attached hydrogens (tertiary/aromatic N) is 2. The molecule has 126 valence electrons. The van der Waals surface area contributed by atoms with Gasteiger partial charge in [-0.05, 0) is 47.2 Å². The van der Waals surface area contributed by atoms with Crippen molar-refractivity contribution in [1.29, 1.82) is 0 Å². The molecular weight excluding hydrogens is 306 g/mol. The Morgan fingerprint density at radius 3 is 1.88 bits per heavy atom. The van der Waals surface area contributed by atoms with Gasteiger partial charge in [0.1, 0.15) is 11.6 Å². The average molecular weight is 328 g/mol. The Balaban J connectivity index is 1.31. The summed E-state index contributed by atoms with van der Waals surface area (Å²) in [6.07, 6.45) is 0. The molecule has 0 saturated carbocycles. The van der Waals surface area contributed by atoms with Crippen molar-refractivity contribution in [2.24, 2.45) is 11.8 Å². The Kier molecular flexibility index (Phi) is 4.33. The molecule has 0 unspecified atom stereocenters. The third kappa shape index (κ3) is 3.50. The number of likely N-dealkylation sites (tertiary alicyclic amines) is 2. The molecule has 0 N–H and O–H groups in total. The summed E-state index contributed by atoms with van der Waals surface area (Å²) in [6, 6.07) is 13.7. The van der Waals surface area contributed by atoms with E-state index in [0.717, 1.165) is 44.8 Å². The lowest BCUT2D eigenvalue weighted by atomic mass is 10.0. The third-order valence-electron chi connectivity index (χ3n) is 5.25. The van der Waals surface area contributed by atoms with Crippen LogP contribution in [0, 0.1) is 23.5 Å². The second-order valence-corrected chi connectivity index (χ2v) is 7.16. The monoisotopic (exact) mass is 328 g/mol. The Bertz CT molecular complexity index is 687. The van der Waals surface area contributed by atoms with Crippen molar-refractivity contribution in [2.45, 2.75) is 13.1 Å². The summed E-state index contributed by atoms with van der Waals surface area (Å²) < 4.78 is 26.3. The van der Waals surface area contributed by atoms with Gasteiger partial charge in [0.2, 0.25) is 0 Å². The molecule has 2 saturated heterocycles. The maximum atomic E-state index is 13.3. The van der Waals surface area contributed by atoms with E-state index in [1.54, 1.807) is 12.1 Å². The first-order chi connectivity index (χ1) is 11.7. The molecule has 4 rings (SSSR count). The molecule has 0 aliphatic carbocycles. The van der Waals surface area contributed by atoms with Gasteiger partial charge in [0.25, 0.3) is 0 Å². The molecule has 2 aliphatic rings. The number of rotatable bonds is 4. The summed E-state index contributed by atoms with van der Waals surface area (Å²) in [5.74, 6) is 1.06. The summed E-state index contributed by atoms with van der Waals surface area (Å²) in [6.45, 7) is 6.10. The van der Waals surface area contributed by atoms with Crippen molar-refractivity contribution in [2.75, 3.05) is 26.2 Å². The maximum absolute atomic E-state index is 13.3. The van der Waals surface area contributed by atoms with E-state index in [-0.39, 0.29) is 11.6 Å². The fourth-order valence-electron chi connectivity index (χ4n) is 4.19. The largest absolute Gasteiger partial charge is 0.298 e. The Morgan fingerprint density at radius 2 is 1.29 bits per heavy atom. The molecule has 2 aromatic carbocycles. The minimum Gasteiger partial charge on any atom is -0.298 e. The Morgan fingerprint density at radius 1 is 0.708 bits per heavy atom. The molecule has 2 fully saturated rings. The predicted molar refractivity (Wildman–Crippen MR) is 90.3 cm³/mol. The highest BCUT2D eigenvalue weighted by molar-refractivity contribution is 5.17. The molecule has 2 nitrogen and oxygen atoms in total. The van der Waals surface area contributed by atoms with E-state index in [2.05, 4.69) is 9.80 Å². The van der Waals surface area contributed by atoms with Gasteiger partial charge in [0, 0.05) is 39.3 Å². The molecular formula is C20H22F2N2. The molecule has 0 spiro atoms. The van der Waals surface area contributed by atoms with Crippen molar-refractivity contribution in [1.82, 2.24) is 9.80 Å². The summed E-state index contributed by atoms with van der Waals surface area (Å²) in [5, 5.41) is 0. The highest BCUT2D eigenvalue weighted by Crippen LogP contribution is 2.32. The minimum absolute atomic E-state index is 0.155. The lowest BCUT2D eigenvalue weighted by Crippen LogP contribution is -2.28. The second-order valence-electron chi connectivity index (χ2n) is 7.16. The van der Waals surface area contributed by atoms with Gasteiger partial charge in [-0.3, -0.25) is 9.80 Å². The molecule has 2 aromatic rings. The zero-order valence-corrected chi connectivity index (χ0v) is 13.7. The van der Waals surface area contributed by atoms with Crippen LogP contribution in [0.1, 0.15) is 11.1 Å². The van der Waals surface area contributed by atoms with Gasteiger partial charge in [-0.15, -0.1) is 0 Å². The van der Waals surface area contributed by atoms with Gasteiger partial charge in [-0.1, -0.05) is 24.3 Å². The van der Waals surface area contributed by atoms with E-state index in [1.807, 2.05) is 18.2 Å². The standard InChI is InChI=1S/C20H22F2N2/c21-19-6-4-15(5-7-19)9-23-11-17-13-24(14-18(17)12-23)10-16-2-1-3-20(22)8-16/h1-8,17-18H,9-14H2/t17-,18-/m0/s1. The van der Waals surface area contributed by atoms with E-state index in [0.29, 0.717) is 11.8 Å². The van der Waals surface area contributed by atoms with Crippen molar-refractivity contribution in [3.8, 4) is 0 Å². The normalized spacial score (nSPS) is 24.4. The van der Waals surface area contributed by atoms with Crippen LogP contribution >= 0.6 is 0 Å². The maximum Gasteiger partial charge on any atom is 0.123 e. The van der Waals surface area contributed by atoms with E-state index < -0.39 is 0 Å². The first kappa shape index (κ1) is 15.7. The quantitative estimate of drug-likeness (QED) is 0.847. The number of benzene rings is 2. The van der Waals surface area contributed by atoms with Crippen molar-refractivity contribution < 1.29 is 8.78 Å². The van der Waals surface area contributed by atoms with Crippen LogP contribution in [0.4, 0.5) is 8.78 Å². The molecule has 4 heteroatoms. The SMILES string of the molecule is Fc1ccc(CN2C[C@H]3CN(Cc4cccc(F)c4)C[C@@H]3C2)cc1. The molecule has 2 atom stereocenters. The van der Waals surface area contributed by atoms with Gasteiger partial charge in [0.05, 0.1) is 0 Å². The van der Waals surface area contributed by atoms with Crippen LogP contribution < -0.4 is 0 Å². The van der Waals surface area contributed by atoms with Crippen LogP contribution in [-0.2, 0) is 13.1 Å². The summed E-state index contributed by atoms with van der Waals surface area (Å²) >= 11 is 0. The van der Waals surface area contributed by atoms with E-state index in [9.17, 15) is 8.78 Å². The van der Waals surface area contributed by atoms with Gasteiger partial charge in [0.15, 0.2) is 0 Å². The molecule has 24 heavy (non-hydrogen) atoms. The number of hydrogen-bond acceptors (Lipinski definition) is 2. The van der Waals surface area contributed by atoms with Gasteiger partial charge in [-0.25, -0.2) is 8.78 Å². The molecule has 2 aliphatic heterocycles. The number of hydrogen-bond donors (Lipinski definition) is 0. The predicted octanol–water partition coefficient (Wildman–Crippen LogP) is 3.53. The smallest absolute Gasteiger partial charge is 0.123 e. The minimum atomic E-state index is -0.176. The topological polar surface area (TPSA) is 6.48 Å². The molecule has 0 radical (unpaired) electrons. The van der Waals surface area contributed by atoms with Gasteiger partial charge in [-0.2, -0.15) is 0 Å². The van der Waals surface area contributed by atoms with Crippen LogP contribution in [0.2, 0.25) is 0 Å². The highest BCUT2D eigenvalue weighted by Gasteiger charge is 2.39. The van der Waals surface area contributed by atoms with Crippen LogP contribution in [0.25, 0.3) is 0 Å². The van der Waals surface area contributed by atoms with Crippen molar-refractivity contribution in [3.05, 3.63) is 71.3 Å². The number of halogens is 2. The lowest BCUT2D eigenvalue weighted by molar-refractivity contribution is 0.246. The van der Waals surface area contributed by atoms with Gasteiger partial charge < -0.3 is 0 Å². The zero-order chi connectivity index (χ0) is 16.5. The summed E-state index contributed by atoms with van der Waals surface area (Å²) in [4.78, 5) is 4.92. The highest BCUT2D eigenvalue weighted by atomic mass is 19.1. The first-order valence-corrected chi connectivity index (χ1v) is 8.59. The van der Waals surface area contributed by atoms with Crippen LogP contribution in [0.15, 0.2) is 48.5 Å². The summed E-state index contributed by atoms with van der Waals surface area (Å²) in [5.41, 5.74) is 2.23. The Labute approximate surface area is 141 Å². The second kappa shape index (κ2) is 6.61. The fourth-order valence-corrected chi connectivity index (χ4v) is 4.19. The summed E-state index contributed by atoms with van der Waals surface area (Å²) in [7, 11) is 0. The molecule has 0 aromatic heterocycles. The first-order valence-electron chi connectivity index (χ1n) is 8.59. The molecule has 0 bridgehead atoms. The van der Waals surface area contributed by atoms with E-state index in [1.165, 1.54) is 23.8 Å². The van der Waals surface area contributed by atoms with Crippen LogP contribution in [0.5, 0.6) is 0 Å². The van der Waals surface area contributed by atoms with Crippen molar-refractivity contribution in [3.63, 3.8) is 0 Å². The molecule has 2 heterocycles. The lowest BCUT2D eigenvalue weighted by Gasteiger charge is -2.21.